The van der Waals surface area contributed by atoms with Crippen molar-refractivity contribution in [1.82, 2.24) is 10.2 Å². The standard InChI is InChI=1S/C12H22N2/c1-13-7-9-2-3-14(8-9)12-5-10-4-11(10)6-12/h9-13H,2-8H2,1H3. The summed E-state index contributed by atoms with van der Waals surface area (Å²) in [6.45, 7) is 3.96. The highest BCUT2D eigenvalue weighted by molar-refractivity contribution is 5.00. The third-order valence-electron chi connectivity index (χ3n) is 4.55. The number of rotatable bonds is 3. The maximum Gasteiger partial charge on any atom is 0.0101 e. The molecule has 0 aromatic rings. The number of hydrogen-bond donors (Lipinski definition) is 1. The third-order valence-corrected chi connectivity index (χ3v) is 4.55. The first kappa shape index (κ1) is 9.17. The first-order valence-electron chi connectivity index (χ1n) is 6.25. The zero-order chi connectivity index (χ0) is 9.54. The van der Waals surface area contributed by atoms with E-state index < -0.39 is 0 Å². The molecule has 3 aliphatic rings. The van der Waals surface area contributed by atoms with Crippen molar-refractivity contribution >= 4 is 0 Å². The van der Waals surface area contributed by atoms with Crippen LogP contribution in [0, 0.1) is 17.8 Å². The molecule has 0 aromatic heterocycles. The highest BCUT2D eigenvalue weighted by Gasteiger charge is 2.48. The molecule has 14 heavy (non-hydrogen) atoms. The lowest BCUT2D eigenvalue weighted by atomic mass is 10.1. The van der Waals surface area contributed by atoms with Crippen molar-refractivity contribution in [2.24, 2.45) is 17.8 Å². The smallest absolute Gasteiger partial charge is 0.0101 e. The van der Waals surface area contributed by atoms with E-state index in [9.17, 15) is 0 Å². The molecule has 80 valence electrons. The van der Waals surface area contributed by atoms with Gasteiger partial charge in [-0.25, -0.2) is 0 Å². The molecule has 3 rings (SSSR count). The van der Waals surface area contributed by atoms with E-state index in [0.29, 0.717) is 0 Å². The van der Waals surface area contributed by atoms with Gasteiger partial charge < -0.3 is 10.2 Å². The van der Waals surface area contributed by atoms with Gasteiger partial charge in [-0.05, 0) is 63.6 Å². The molecule has 2 heteroatoms. The molecule has 1 aliphatic heterocycles. The van der Waals surface area contributed by atoms with E-state index in [4.69, 9.17) is 0 Å². The number of nitrogens with zero attached hydrogens (tertiary/aromatic N) is 1. The van der Waals surface area contributed by atoms with Crippen molar-refractivity contribution in [2.45, 2.75) is 31.7 Å². The van der Waals surface area contributed by atoms with E-state index in [1.165, 1.54) is 38.9 Å². The second-order valence-corrected chi connectivity index (χ2v) is 5.59. The minimum Gasteiger partial charge on any atom is -0.319 e. The fourth-order valence-corrected chi connectivity index (χ4v) is 3.63. The molecule has 0 radical (unpaired) electrons. The summed E-state index contributed by atoms with van der Waals surface area (Å²) in [5.41, 5.74) is 0. The monoisotopic (exact) mass is 194 g/mol. The molecule has 3 atom stereocenters. The first-order chi connectivity index (χ1) is 6.86. The minimum atomic E-state index is 0.928. The number of hydrogen-bond acceptors (Lipinski definition) is 2. The number of nitrogens with one attached hydrogen (secondary N) is 1. The van der Waals surface area contributed by atoms with Gasteiger partial charge in [0.15, 0.2) is 0 Å². The molecule has 1 N–H and O–H groups in total. The van der Waals surface area contributed by atoms with Crippen molar-refractivity contribution in [2.75, 3.05) is 26.7 Å². The van der Waals surface area contributed by atoms with Crippen molar-refractivity contribution in [3.05, 3.63) is 0 Å². The summed E-state index contributed by atoms with van der Waals surface area (Å²) in [7, 11) is 2.08. The van der Waals surface area contributed by atoms with Crippen LogP contribution in [-0.2, 0) is 0 Å². The van der Waals surface area contributed by atoms with Gasteiger partial charge in [0.2, 0.25) is 0 Å². The van der Waals surface area contributed by atoms with Crippen LogP contribution in [0.2, 0.25) is 0 Å². The quantitative estimate of drug-likeness (QED) is 0.729. The van der Waals surface area contributed by atoms with Gasteiger partial charge in [0.1, 0.15) is 0 Å². The van der Waals surface area contributed by atoms with Crippen molar-refractivity contribution in [3.63, 3.8) is 0 Å². The molecule has 0 spiro atoms. The summed E-state index contributed by atoms with van der Waals surface area (Å²) in [6, 6.07) is 0.973. The Morgan fingerprint density at radius 2 is 2.00 bits per heavy atom. The Labute approximate surface area is 87.0 Å². The SMILES string of the molecule is CNCC1CCN(C2CC3CC3C2)C1. The maximum absolute atomic E-state index is 3.31. The Hall–Kier alpha value is -0.0800. The molecule has 2 aliphatic carbocycles. The molecule has 3 fully saturated rings. The van der Waals surface area contributed by atoms with Crippen LogP contribution in [0.5, 0.6) is 0 Å². The average Bonchev–Trinajstić information content (AvgIpc) is 2.68. The lowest BCUT2D eigenvalue weighted by Gasteiger charge is -2.25. The molecular formula is C12H22N2. The Morgan fingerprint density at radius 1 is 1.21 bits per heavy atom. The lowest BCUT2D eigenvalue weighted by molar-refractivity contribution is 0.223. The van der Waals surface area contributed by atoms with Gasteiger partial charge >= 0.3 is 0 Å². The highest BCUT2D eigenvalue weighted by Crippen LogP contribution is 2.53. The third kappa shape index (κ3) is 1.59. The van der Waals surface area contributed by atoms with Crippen LogP contribution in [0.4, 0.5) is 0 Å². The van der Waals surface area contributed by atoms with Crippen LogP contribution in [0.25, 0.3) is 0 Å². The first-order valence-corrected chi connectivity index (χ1v) is 6.25. The molecular weight excluding hydrogens is 172 g/mol. The average molecular weight is 194 g/mol. The topological polar surface area (TPSA) is 15.3 Å². The van der Waals surface area contributed by atoms with Crippen LogP contribution >= 0.6 is 0 Å². The van der Waals surface area contributed by atoms with Gasteiger partial charge in [-0.15, -0.1) is 0 Å². The summed E-state index contributed by atoms with van der Waals surface area (Å²) in [6.07, 6.45) is 6.03. The largest absolute Gasteiger partial charge is 0.319 e. The summed E-state index contributed by atoms with van der Waals surface area (Å²) in [5, 5.41) is 3.31. The van der Waals surface area contributed by atoms with Gasteiger partial charge in [-0.1, -0.05) is 0 Å². The number of likely N-dealkylation sites (tertiary alicyclic amines) is 1. The lowest BCUT2D eigenvalue weighted by Crippen LogP contribution is -2.33. The predicted molar refractivity (Wildman–Crippen MR) is 58.2 cm³/mol. The van der Waals surface area contributed by atoms with Crippen LogP contribution < -0.4 is 5.32 Å². The van der Waals surface area contributed by atoms with E-state index >= 15 is 0 Å². The summed E-state index contributed by atoms with van der Waals surface area (Å²) >= 11 is 0. The maximum atomic E-state index is 3.31. The van der Waals surface area contributed by atoms with Gasteiger partial charge in [0, 0.05) is 12.6 Å². The second-order valence-electron chi connectivity index (χ2n) is 5.59. The molecule has 3 unspecified atom stereocenters. The summed E-state index contributed by atoms with van der Waals surface area (Å²) < 4.78 is 0. The summed E-state index contributed by atoms with van der Waals surface area (Å²) in [5.74, 6) is 3.21. The van der Waals surface area contributed by atoms with Crippen LogP contribution in [-0.4, -0.2) is 37.6 Å². The van der Waals surface area contributed by atoms with E-state index in [-0.39, 0.29) is 0 Å². The Bertz CT molecular complexity index is 206. The van der Waals surface area contributed by atoms with Crippen molar-refractivity contribution < 1.29 is 0 Å². The van der Waals surface area contributed by atoms with E-state index in [1.807, 2.05) is 0 Å². The van der Waals surface area contributed by atoms with E-state index in [0.717, 1.165) is 23.8 Å². The zero-order valence-corrected chi connectivity index (χ0v) is 9.21. The normalized spacial score (nSPS) is 46.9. The molecule has 0 aromatic carbocycles. The molecule has 2 nitrogen and oxygen atoms in total. The van der Waals surface area contributed by atoms with E-state index in [2.05, 4.69) is 17.3 Å². The molecule has 0 bridgehead atoms. The molecule has 1 heterocycles. The van der Waals surface area contributed by atoms with Crippen molar-refractivity contribution in [3.8, 4) is 0 Å². The second kappa shape index (κ2) is 3.49. The van der Waals surface area contributed by atoms with Gasteiger partial charge in [-0.3, -0.25) is 0 Å². The van der Waals surface area contributed by atoms with Crippen LogP contribution in [0.3, 0.4) is 0 Å². The summed E-state index contributed by atoms with van der Waals surface area (Å²) in [4.78, 5) is 2.77. The van der Waals surface area contributed by atoms with Crippen molar-refractivity contribution in [1.29, 1.82) is 0 Å². The van der Waals surface area contributed by atoms with Gasteiger partial charge in [0.25, 0.3) is 0 Å². The minimum absolute atomic E-state index is 0.928. The fraction of sp³-hybridized carbons (Fsp3) is 1.00. The predicted octanol–water partition coefficient (Wildman–Crippen LogP) is 1.33. The van der Waals surface area contributed by atoms with Crippen LogP contribution in [0.1, 0.15) is 25.7 Å². The van der Waals surface area contributed by atoms with Gasteiger partial charge in [0.05, 0.1) is 0 Å². The molecule has 2 saturated carbocycles. The fourth-order valence-electron chi connectivity index (χ4n) is 3.63. The zero-order valence-electron chi connectivity index (χ0n) is 9.21. The van der Waals surface area contributed by atoms with Gasteiger partial charge in [-0.2, -0.15) is 0 Å². The number of fused-ring (bicyclic) bond motifs is 1. The highest BCUT2D eigenvalue weighted by atomic mass is 15.2. The van der Waals surface area contributed by atoms with E-state index in [1.54, 1.807) is 6.42 Å². The molecule has 0 amide bonds. The Balaban J connectivity index is 1.50. The molecule has 1 saturated heterocycles. The van der Waals surface area contributed by atoms with Crippen LogP contribution in [0.15, 0.2) is 0 Å². The Kier molecular flexibility index (Phi) is 2.29. The Morgan fingerprint density at radius 3 is 2.71 bits per heavy atom.